The Labute approximate surface area is 101 Å². The summed E-state index contributed by atoms with van der Waals surface area (Å²) in [6.07, 6.45) is 0. The van der Waals surface area contributed by atoms with Crippen LogP contribution in [-0.4, -0.2) is 66.3 Å². The van der Waals surface area contributed by atoms with E-state index in [-0.39, 0.29) is 18.5 Å². The van der Waals surface area contributed by atoms with Crippen molar-refractivity contribution in [3.63, 3.8) is 0 Å². The fourth-order valence-corrected chi connectivity index (χ4v) is 1.77. The van der Waals surface area contributed by atoms with E-state index >= 15 is 0 Å². The van der Waals surface area contributed by atoms with Crippen molar-refractivity contribution in [1.82, 2.24) is 9.80 Å². The summed E-state index contributed by atoms with van der Waals surface area (Å²) in [6, 6.07) is -0.204. The maximum absolute atomic E-state index is 12.1. The largest absolute Gasteiger partial charge is 0.480 e. The van der Waals surface area contributed by atoms with E-state index < -0.39 is 5.97 Å². The van der Waals surface area contributed by atoms with Crippen molar-refractivity contribution in [1.29, 1.82) is 0 Å². The van der Waals surface area contributed by atoms with Crippen LogP contribution in [0, 0.1) is 5.92 Å². The smallest absolute Gasteiger partial charge is 0.323 e. The first-order valence-electron chi connectivity index (χ1n) is 5.84. The van der Waals surface area contributed by atoms with Gasteiger partial charge in [-0.05, 0) is 5.92 Å². The zero-order valence-corrected chi connectivity index (χ0v) is 10.4. The quantitative estimate of drug-likeness (QED) is 0.781. The second-order valence-electron chi connectivity index (χ2n) is 4.55. The summed E-state index contributed by atoms with van der Waals surface area (Å²) in [4.78, 5) is 25.9. The number of aliphatic carboxylic acids is 1. The van der Waals surface area contributed by atoms with E-state index in [1.165, 1.54) is 4.90 Å². The highest BCUT2D eigenvalue weighted by molar-refractivity contribution is 5.80. The molecule has 1 N–H and O–H groups in total. The molecule has 0 saturated carbocycles. The fraction of sp³-hybridized carbons (Fsp3) is 0.818. The Morgan fingerprint density at radius 1 is 1.35 bits per heavy atom. The number of rotatable bonds is 4. The Hall–Kier alpha value is -1.30. The minimum atomic E-state index is -0.979. The normalized spacial score (nSPS) is 16.1. The van der Waals surface area contributed by atoms with Crippen LogP contribution >= 0.6 is 0 Å². The standard InChI is InChI=1S/C11H20N2O4/c1-9(2)7-13(8-10(14)15)11(16)12-3-5-17-6-4-12/h9H,3-8H2,1-2H3,(H,14,15). The van der Waals surface area contributed by atoms with Gasteiger partial charge in [0.15, 0.2) is 0 Å². The number of carboxylic acids is 1. The molecule has 1 fully saturated rings. The van der Waals surface area contributed by atoms with E-state index in [9.17, 15) is 9.59 Å². The molecule has 0 aromatic carbocycles. The molecule has 0 unspecified atom stereocenters. The Balaban J connectivity index is 2.60. The van der Waals surface area contributed by atoms with Gasteiger partial charge in [-0.15, -0.1) is 0 Å². The molecule has 1 heterocycles. The lowest BCUT2D eigenvalue weighted by Gasteiger charge is -2.33. The molecule has 98 valence electrons. The number of nitrogens with zero attached hydrogens (tertiary/aromatic N) is 2. The van der Waals surface area contributed by atoms with Crippen molar-refractivity contribution in [2.45, 2.75) is 13.8 Å². The second-order valence-corrected chi connectivity index (χ2v) is 4.55. The number of urea groups is 1. The van der Waals surface area contributed by atoms with Crippen LogP contribution in [0.25, 0.3) is 0 Å². The van der Waals surface area contributed by atoms with E-state index in [0.29, 0.717) is 32.8 Å². The molecular weight excluding hydrogens is 224 g/mol. The summed E-state index contributed by atoms with van der Waals surface area (Å²) >= 11 is 0. The highest BCUT2D eigenvalue weighted by Gasteiger charge is 2.24. The number of carbonyl (C=O) groups is 2. The van der Waals surface area contributed by atoms with Crippen molar-refractivity contribution in [3.8, 4) is 0 Å². The lowest BCUT2D eigenvalue weighted by molar-refractivity contribution is -0.137. The summed E-state index contributed by atoms with van der Waals surface area (Å²) < 4.78 is 5.16. The van der Waals surface area contributed by atoms with Gasteiger partial charge in [-0.1, -0.05) is 13.8 Å². The lowest BCUT2D eigenvalue weighted by atomic mass is 10.2. The Morgan fingerprint density at radius 3 is 2.41 bits per heavy atom. The summed E-state index contributed by atoms with van der Waals surface area (Å²) in [5, 5.41) is 8.81. The highest BCUT2D eigenvalue weighted by Crippen LogP contribution is 2.06. The van der Waals surface area contributed by atoms with Gasteiger partial charge < -0.3 is 19.6 Å². The number of amides is 2. The van der Waals surface area contributed by atoms with Gasteiger partial charge in [0.05, 0.1) is 13.2 Å². The molecule has 2 amide bonds. The molecule has 6 nitrogen and oxygen atoms in total. The second kappa shape index (κ2) is 6.44. The summed E-state index contributed by atoms with van der Waals surface area (Å²) in [5.41, 5.74) is 0. The molecule has 1 saturated heterocycles. The molecule has 1 aliphatic rings. The van der Waals surface area contributed by atoms with Gasteiger partial charge in [-0.2, -0.15) is 0 Å². The van der Waals surface area contributed by atoms with Crippen LogP contribution in [0.4, 0.5) is 4.79 Å². The van der Waals surface area contributed by atoms with E-state index in [1.54, 1.807) is 4.90 Å². The number of morpholine rings is 1. The third-order valence-electron chi connectivity index (χ3n) is 2.46. The van der Waals surface area contributed by atoms with E-state index in [0.717, 1.165) is 0 Å². The van der Waals surface area contributed by atoms with Gasteiger partial charge in [0.1, 0.15) is 6.54 Å². The van der Waals surface area contributed by atoms with Gasteiger partial charge in [0.2, 0.25) is 0 Å². The van der Waals surface area contributed by atoms with Crippen molar-refractivity contribution >= 4 is 12.0 Å². The van der Waals surface area contributed by atoms with Gasteiger partial charge in [0, 0.05) is 19.6 Å². The van der Waals surface area contributed by atoms with Gasteiger partial charge in [0.25, 0.3) is 0 Å². The number of carboxylic acid groups (broad SMARTS) is 1. The number of hydrogen-bond acceptors (Lipinski definition) is 3. The SMILES string of the molecule is CC(C)CN(CC(=O)O)C(=O)N1CCOCC1. The summed E-state index contributed by atoms with van der Waals surface area (Å²) in [5.74, 6) is -0.730. The van der Waals surface area contributed by atoms with Crippen LogP contribution in [0.2, 0.25) is 0 Å². The van der Waals surface area contributed by atoms with Crippen molar-refractivity contribution in [2.24, 2.45) is 5.92 Å². The molecule has 0 bridgehead atoms. The van der Waals surface area contributed by atoms with Gasteiger partial charge in [-0.25, -0.2) is 4.79 Å². The zero-order valence-electron chi connectivity index (χ0n) is 10.4. The van der Waals surface area contributed by atoms with Crippen molar-refractivity contribution in [3.05, 3.63) is 0 Å². The molecule has 0 radical (unpaired) electrons. The molecule has 0 aliphatic carbocycles. The molecule has 0 spiro atoms. The van der Waals surface area contributed by atoms with Crippen LogP contribution in [-0.2, 0) is 9.53 Å². The van der Waals surface area contributed by atoms with E-state index in [1.807, 2.05) is 13.8 Å². The molecule has 0 atom stereocenters. The lowest BCUT2D eigenvalue weighted by Crippen LogP contribution is -2.50. The monoisotopic (exact) mass is 244 g/mol. The first kappa shape index (κ1) is 13.8. The number of ether oxygens (including phenoxy) is 1. The van der Waals surface area contributed by atoms with Crippen LogP contribution < -0.4 is 0 Å². The Bertz CT molecular complexity index is 275. The number of carbonyl (C=O) groups excluding carboxylic acids is 1. The molecule has 0 aromatic heterocycles. The average molecular weight is 244 g/mol. The molecule has 6 heteroatoms. The van der Waals surface area contributed by atoms with Crippen LogP contribution in [0.5, 0.6) is 0 Å². The zero-order chi connectivity index (χ0) is 12.8. The van der Waals surface area contributed by atoms with Crippen molar-refractivity contribution in [2.75, 3.05) is 39.4 Å². The Kier molecular flexibility index (Phi) is 5.21. The van der Waals surface area contributed by atoms with Gasteiger partial charge >= 0.3 is 12.0 Å². The van der Waals surface area contributed by atoms with Crippen molar-refractivity contribution < 1.29 is 19.4 Å². The van der Waals surface area contributed by atoms with Crippen LogP contribution in [0.15, 0.2) is 0 Å². The molecular formula is C11H20N2O4. The maximum atomic E-state index is 12.1. The topological polar surface area (TPSA) is 70.1 Å². The predicted molar refractivity (Wildman–Crippen MR) is 61.8 cm³/mol. The molecule has 1 rings (SSSR count). The first-order chi connectivity index (χ1) is 8.00. The predicted octanol–water partition coefficient (Wildman–Crippen LogP) is 0.481. The van der Waals surface area contributed by atoms with E-state index in [2.05, 4.69) is 0 Å². The van der Waals surface area contributed by atoms with Crippen LogP contribution in [0.3, 0.4) is 0 Å². The summed E-state index contributed by atoms with van der Waals surface area (Å²) in [7, 11) is 0. The first-order valence-corrected chi connectivity index (χ1v) is 5.84. The van der Waals surface area contributed by atoms with E-state index in [4.69, 9.17) is 9.84 Å². The van der Waals surface area contributed by atoms with Crippen LogP contribution in [0.1, 0.15) is 13.8 Å². The third-order valence-corrected chi connectivity index (χ3v) is 2.46. The minimum Gasteiger partial charge on any atom is -0.480 e. The molecule has 0 aromatic rings. The molecule has 1 aliphatic heterocycles. The fourth-order valence-electron chi connectivity index (χ4n) is 1.77. The highest BCUT2D eigenvalue weighted by atomic mass is 16.5. The third kappa shape index (κ3) is 4.60. The molecule has 17 heavy (non-hydrogen) atoms. The maximum Gasteiger partial charge on any atom is 0.323 e. The Morgan fingerprint density at radius 2 is 1.94 bits per heavy atom. The summed E-state index contributed by atoms with van der Waals surface area (Å²) in [6.45, 7) is 6.25. The minimum absolute atomic E-state index is 0.204. The van der Waals surface area contributed by atoms with Gasteiger partial charge in [-0.3, -0.25) is 4.79 Å². The average Bonchev–Trinajstić information content (AvgIpc) is 2.27. The number of hydrogen-bond donors (Lipinski definition) is 1.